The summed E-state index contributed by atoms with van der Waals surface area (Å²) in [4.78, 5) is 0. The van der Waals surface area contributed by atoms with E-state index in [1.807, 2.05) is 0 Å². The van der Waals surface area contributed by atoms with Crippen LogP contribution in [0.5, 0.6) is 0 Å². The first kappa shape index (κ1) is 16.4. The van der Waals surface area contributed by atoms with Crippen LogP contribution in [-0.2, 0) is 4.74 Å². The Morgan fingerprint density at radius 3 is 2.14 bits per heavy atom. The van der Waals surface area contributed by atoms with Crippen molar-refractivity contribution in [1.82, 2.24) is 5.32 Å². The average Bonchev–Trinajstić information content (AvgIpc) is 2.20. The van der Waals surface area contributed by atoms with E-state index in [2.05, 4.69) is 33.0 Å². The van der Waals surface area contributed by atoms with Gasteiger partial charge in [-0.25, -0.2) is 0 Å². The molecule has 88 valence electrons. The Kier molecular flexibility index (Phi) is 18.0. The van der Waals surface area contributed by atoms with Crippen molar-refractivity contribution in [2.75, 3.05) is 26.8 Å². The Morgan fingerprint density at radius 2 is 1.86 bits per heavy atom. The quantitative estimate of drug-likeness (QED) is 0.642. The van der Waals surface area contributed by atoms with Gasteiger partial charge in [-0.15, -0.1) is 0 Å². The molecule has 14 heavy (non-hydrogen) atoms. The number of nitrogens with one attached hydrogen (secondary N) is 1. The molecule has 2 heteroatoms. The third kappa shape index (κ3) is 17.9. The Morgan fingerprint density at radius 1 is 1.21 bits per heavy atom. The molecule has 0 aliphatic rings. The standard InChI is InChI=1S/C6H15N.C6H14O/c1-3-5-6-7-4-2;1-4-6(2)5-7-3/h7H,3-6H2,1-2H3;6H,4-5H2,1-3H3. The molecule has 0 aromatic heterocycles. The number of unbranched alkanes of at least 4 members (excludes halogenated alkanes) is 1. The van der Waals surface area contributed by atoms with Crippen LogP contribution in [0.15, 0.2) is 0 Å². The maximum Gasteiger partial charge on any atom is 0.0487 e. The van der Waals surface area contributed by atoms with Gasteiger partial charge in [0, 0.05) is 13.7 Å². The predicted molar refractivity (Wildman–Crippen MR) is 64.8 cm³/mol. The molecule has 0 saturated heterocycles. The van der Waals surface area contributed by atoms with E-state index >= 15 is 0 Å². The summed E-state index contributed by atoms with van der Waals surface area (Å²) in [6, 6.07) is 0. The molecule has 0 saturated carbocycles. The summed E-state index contributed by atoms with van der Waals surface area (Å²) in [6.07, 6.45) is 3.83. The average molecular weight is 203 g/mol. The van der Waals surface area contributed by atoms with E-state index in [1.165, 1.54) is 25.8 Å². The van der Waals surface area contributed by atoms with Gasteiger partial charge < -0.3 is 10.1 Å². The van der Waals surface area contributed by atoms with Crippen LogP contribution in [0.1, 0.15) is 47.0 Å². The van der Waals surface area contributed by atoms with Gasteiger partial charge in [0.2, 0.25) is 0 Å². The Balaban J connectivity index is 0. The number of hydrogen-bond donors (Lipinski definition) is 1. The molecule has 0 heterocycles. The van der Waals surface area contributed by atoms with Crippen LogP contribution in [0.3, 0.4) is 0 Å². The highest BCUT2D eigenvalue weighted by atomic mass is 16.5. The van der Waals surface area contributed by atoms with Gasteiger partial charge in [0.1, 0.15) is 0 Å². The normalized spacial score (nSPS) is 11.8. The summed E-state index contributed by atoms with van der Waals surface area (Å²) in [7, 11) is 1.74. The minimum Gasteiger partial charge on any atom is -0.384 e. The second-order valence-corrected chi connectivity index (χ2v) is 3.68. The summed E-state index contributed by atoms with van der Waals surface area (Å²) in [5.41, 5.74) is 0. The Bertz CT molecular complexity index is 82.4. The molecular formula is C12H29NO. The lowest BCUT2D eigenvalue weighted by atomic mass is 10.1. The van der Waals surface area contributed by atoms with Crippen molar-refractivity contribution < 1.29 is 4.74 Å². The molecule has 0 radical (unpaired) electrons. The van der Waals surface area contributed by atoms with E-state index < -0.39 is 0 Å². The lowest BCUT2D eigenvalue weighted by molar-refractivity contribution is 0.158. The molecule has 1 atom stereocenters. The highest BCUT2D eigenvalue weighted by Gasteiger charge is 1.93. The highest BCUT2D eigenvalue weighted by Crippen LogP contribution is 1.98. The molecule has 1 unspecified atom stereocenters. The van der Waals surface area contributed by atoms with Crippen molar-refractivity contribution in [2.24, 2.45) is 5.92 Å². The van der Waals surface area contributed by atoms with Crippen molar-refractivity contribution >= 4 is 0 Å². The number of hydrogen-bond acceptors (Lipinski definition) is 2. The molecule has 2 nitrogen and oxygen atoms in total. The second kappa shape index (κ2) is 15.4. The fourth-order valence-corrected chi connectivity index (χ4v) is 0.881. The van der Waals surface area contributed by atoms with Gasteiger partial charge in [-0.1, -0.05) is 40.5 Å². The van der Waals surface area contributed by atoms with Crippen LogP contribution in [0.25, 0.3) is 0 Å². The molecule has 0 aromatic carbocycles. The summed E-state index contributed by atoms with van der Waals surface area (Å²) in [5.74, 6) is 0.727. The topological polar surface area (TPSA) is 21.3 Å². The first-order chi connectivity index (χ1) is 6.72. The van der Waals surface area contributed by atoms with Crippen molar-refractivity contribution in [3.05, 3.63) is 0 Å². The number of methoxy groups -OCH3 is 1. The van der Waals surface area contributed by atoms with Crippen LogP contribution >= 0.6 is 0 Å². The number of ether oxygens (including phenoxy) is 1. The summed E-state index contributed by atoms with van der Waals surface area (Å²) in [6.45, 7) is 11.9. The molecule has 1 N–H and O–H groups in total. The van der Waals surface area contributed by atoms with E-state index in [0.717, 1.165) is 19.1 Å². The first-order valence-corrected chi connectivity index (χ1v) is 5.92. The maximum absolute atomic E-state index is 4.89. The Hall–Kier alpha value is -0.0800. The molecular weight excluding hydrogens is 174 g/mol. The van der Waals surface area contributed by atoms with E-state index in [1.54, 1.807) is 7.11 Å². The van der Waals surface area contributed by atoms with E-state index in [-0.39, 0.29) is 0 Å². The van der Waals surface area contributed by atoms with Crippen molar-refractivity contribution in [1.29, 1.82) is 0 Å². The van der Waals surface area contributed by atoms with Crippen LogP contribution in [0.4, 0.5) is 0 Å². The lowest BCUT2D eigenvalue weighted by Gasteiger charge is -2.03. The Labute approximate surface area is 90.4 Å². The zero-order chi connectivity index (χ0) is 11.2. The number of rotatable bonds is 7. The molecule has 0 spiro atoms. The van der Waals surface area contributed by atoms with Crippen molar-refractivity contribution in [2.45, 2.75) is 47.0 Å². The monoisotopic (exact) mass is 203 g/mol. The summed E-state index contributed by atoms with van der Waals surface area (Å²) < 4.78 is 4.89. The van der Waals surface area contributed by atoms with Crippen LogP contribution in [-0.4, -0.2) is 26.8 Å². The maximum atomic E-state index is 4.89. The van der Waals surface area contributed by atoms with Gasteiger partial charge in [-0.05, 0) is 25.4 Å². The molecule has 0 aromatic rings. The summed E-state index contributed by atoms with van der Waals surface area (Å²) in [5, 5.41) is 3.25. The van der Waals surface area contributed by atoms with Crippen molar-refractivity contribution in [3.63, 3.8) is 0 Å². The molecule has 0 aliphatic heterocycles. The molecule has 0 rings (SSSR count). The molecule has 0 bridgehead atoms. The van der Waals surface area contributed by atoms with Crippen LogP contribution in [0.2, 0.25) is 0 Å². The van der Waals surface area contributed by atoms with E-state index in [0.29, 0.717) is 0 Å². The van der Waals surface area contributed by atoms with E-state index in [4.69, 9.17) is 4.74 Å². The zero-order valence-electron chi connectivity index (χ0n) is 10.7. The van der Waals surface area contributed by atoms with Crippen LogP contribution < -0.4 is 5.32 Å². The predicted octanol–water partition coefficient (Wildman–Crippen LogP) is 3.07. The molecule has 0 aliphatic carbocycles. The molecule has 0 amide bonds. The van der Waals surface area contributed by atoms with E-state index in [9.17, 15) is 0 Å². The molecule has 0 fully saturated rings. The lowest BCUT2D eigenvalue weighted by Crippen LogP contribution is -2.13. The highest BCUT2D eigenvalue weighted by molar-refractivity contribution is 4.43. The van der Waals surface area contributed by atoms with Gasteiger partial charge >= 0.3 is 0 Å². The fraction of sp³-hybridized carbons (Fsp3) is 1.00. The fourth-order valence-electron chi connectivity index (χ4n) is 0.881. The minimum absolute atomic E-state index is 0.727. The second-order valence-electron chi connectivity index (χ2n) is 3.68. The van der Waals surface area contributed by atoms with Gasteiger partial charge in [0.15, 0.2) is 0 Å². The SMILES string of the molecule is CCC(C)COC.CCCCNCC. The van der Waals surface area contributed by atoms with Gasteiger partial charge in [-0.3, -0.25) is 0 Å². The summed E-state index contributed by atoms with van der Waals surface area (Å²) >= 11 is 0. The third-order valence-corrected chi connectivity index (χ3v) is 2.11. The van der Waals surface area contributed by atoms with Crippen molar-refractivity contribution in [3.8, 4) is 0 Å². The van der Waals surface area contributed by atoms with Crippen LogP contribution in [0, 0.1) is 5.92 Å². The zero-order valence-corrected chi connectivity index (χ0v) is 10.7. The smallest absolute Gasteiger partial charge is 0.0487 e. The first-order valence-electron chi connectivity index (χ1n) is 5.92. The largest absolute Gasteiger partial charge is 0.384 e. The van der Waals surface area contributed by atoms with Gasteiger partial charge in [0.25, 0.3) is 0 Å². The minimum atomic E-state index is 0.727. The van der Waals surface area contributed by atoms with Gasteiger partial charge in [0.05, 0.1) is 0 Å². The third-order valence-electron chi connectivity index (χ3n) is 2.11. The van der Waals surface area contributed by atoms with Gasteiger partial charge in [-0.2, -0.15) is 0 Å².